The molecular weight excluding hydrogens is 292 g/mol. The number of carbonyl (C=O) groups is 1. The van der Waals surface area contributed by atoms with Crippen LogP contribution in [0.5, 0.6) is 0 Å². The first kappa shape index (κ1) is 14.0. The molecule has 22 heavy (non-hydrogen) atoms. The minimum absolute atomic E-state index is 0.161. The summed E-state index contributed by atoms with van der Waals surface area (Å²) in [5, 5.41) is 2.01. The molecule has 1 aliphatic heterocycles. The van der Waals surface area contributed by atoms with Crippen LogP contribution < -0.4 is 5.73 Å². The average molecular weight is 312 g/mol. The van der Waals surface area contributed by atoms with Crippen molar-refractivity contribution in [3.63, 3.8) is 0 Å². The number of piperidine rings is 1. The van der Waals surface area contributed by atoms with Gasteiger partial charge in [0.25, 0.3) is 5.91 Å². The Morgan fingerprint density at radius 2 is 2.27 bits per heavy atom. The van der Waals surface area contributed by atoms with Crippen LogP contribution in [0.4, 0.5) is 0 Å². The highest BCUT2D eigenvalue weighted by Gasteiger charge is 2.53. The van der Waals surface area contributed by atoms with Gasteiger partial charge >= 0.3 is 0 Å². The summed E-state index contributed by atoms with van der Waals surface area (Å²) in [6, 6.07) is 10.6. The maximum Gasteiger partial charge on any atom is 0.264 e. The molecule has 2 fully saturated rings. The van der Waals surface area contributed by atoms with Gasteiger partial charge in [-0.2, -0.15) is 0 Å². The molecule has 3 atom stereocenters. The van der Waals surface area contributed by atoms with Gasteiger partial charge in [0.15, 0.2) is 0 Å². The molecule has 0 unspecified atom stereocenters. The Balaban J connectivity index is 1.66. The Labute approximate surface area is 134 Å². The first-order chi connectivity index (χ1) is 10.7. The number of hydrogen-bond acceptors (Lipinski definition) is 3. The molecule has 2 aliphatic rings. The quantitative estimate of drug-likeness (QED) is 0.946. The van der Waals surface area contributed by atoms with E-state index >= 15 is 0 Å². The SMILES string of the molecule is Cc1cccc(-c2ccsc2C(=O)N2C[C@@H]3C[C@@H]3[C@H]2CN)c1. The Kier molecular flexibility index (Phi) is 3.31. The zero-order valence-corrected chi connectivity index (χ0v) is 13.5. The van der Waals surface area contributed by atoms with Crippen molar-refractivity contribution in [2.24, 2.45) is 17.6 Å². The molecule has 3 nitrogen and oxygen atoms in total. The van der Waals surface area contributed by atoms with Crippen molar-refractivity contribution in [3.05, 3.63) is 46.2 Å². The molecule has 1 saturated carbocycles. The van der Waals surface area contributed by atoms with Crippen molar-refractivity contribution in [2.75, 3.05) is 13.1 Å². The number of rotatable bonds is 3. The van der Waals surface area contributed by atoms with Crippen LogP contribution in [0.25, 0.3) is 11.1 Å². The summed E-state index contributed by atoms with van der Waals surface area (Å²) in [6.07, 6.45) is 1.25. The Hall–Kier alpha value is -1.65. The number of benzene rings is 1. The number of aryl methyl sites for hydroxylation is 1. The van der Waals surface area contributed by atoms with Crippen molar-refractivity contribution in [3.8, 4) is 11.1 Å². The Morgan fingerprint density at radius 3 is 3.05 bits per heavy atom. The van der Waals surface area contributed by atoms with E-state index in [1.165, 1.54) is 12.0 Å². The van der Waals surface area contributed by atoms with Crippen LogP contribution in [-0.4, -0.2) is 29.9 Å². The van der Waals surface area contributed by atoms with Crippen molar-refractivity contribution in [1.82, 2.24) is 4.90 Å². The lowest BCUT2D eigenvalue weighted by Gasteiger charge is -2.26. The van der Waals surface area contributed by atoms with Crippen LogP contribution in [0.3, 0.4) is 0 Å². The first-order valence-electron chi connectivity index (χ1n) is 7.84. The second-order valence-corrected chi connectivity index (χ2v) is 7.37. The summed E-state index contributed by atoms with van der Waals surface area (Å²) in [7, 11) is 0. The highest BCUT2D eigenvalue weighted by atomic mass is 32.1. The summed E-state index contributed by atoms with van der Waals surface area (Å²) in [5.74, 6) is 1.50. The van der Waals surface area contributed by atoms with E-state index in [9.17, 15) is 4.79 Å². The van der Waals surface area contributed by atoms with Crippen LogP contribution in [0.1, 0.15) is 21.7 Å². The molecule has 1 saturated heterocycles. The monoisotopic (exact) mass is 312 g/mol. The van der Waals surface area contributed by atoms with Gasteiger partial charge in [0, 0.05) is 24.7 Å². The van der Waals surface area contributed by atoms with E-state index in [1.54, 1.807) is 11.3 Å². The zero-order chi connectivity index (χ0) is 15.3. The molecule has 2 aromatic rings. The smallest absolute Gasteiger partial charge is 0.264 e. The van der Waals surface area contributed by atoms with Gasteiger partial charge in [-0.15, -0.1) is 11.3 Å². The van der Waals surface area contributed by atoms with Gasteiger partial charge in [0.05, 0.1) is 4.88 Å². The molecule has 4 heteroatoms. The summed E-state index contributed by atoms with van der Waals surface area (Å²) >= 11 is 1.54. The van der Waals surface area contributed by atoms with Crippen molar-refractivity contribution < 1.29 is 4.79 Å². The topological polar surface area (TPSA) is 46.3 Å². The van der Waals surface area contributed by atoms with E-state index in [1.807, 2.05) is 16.3 Å². The molecule has 1 aliphatic carbocycles. The van der Waals surface area contributed by atoms with Crippen LogP contribution >= 0.6 is 11.3 Å². The first-order valence-corrected chi connectivity index (χ1v) is 8.72. The third-order valence-electron chi connectivity index (χ3n) is 4.99. The molecule has 1 aromatic heterocycles. The summed E-state index contributed by atoms with van der Waals surface area (Å²) in [5.41, 5.74) is 9.30. The predicted octanol–water partition coefficient (Wildman–Crippen LogP) is 3.14. The number of likely N-dealkylation sites (tertiary alicyclic amines) is 1. The minimum Gasteiger partial charge on any atom is -0.333 e. The van der Waals surface area contributed by atoms with Gasteiger partial charge in [0.2, 0.25) is 0 Å². The van der Waals surface area contributed by atoms with Crippen molar-refractivity contribution >= 4 is 17.2 Å². The van der Waals surface area contributed by atoms with Crippen molar-refractivity contribution in [2.45, 2.75) is 19.4 Å². The number of nitrogens with zero attached hydrogens (tertiary/aromatic N) is 1. The van der Waals surface area contributed by atoms with Crippen LogP contribution in [-0.2, 0) is 0 Å². The number of fused-ring (bicyclic) bond motifs is 1. The fraction of sp³-hybridized carbons (Fsp3) is 0.389. The molecule has 1 amide bonds. The average Bonchev–Trinajstić information content (AvgIpc) is 2.99. The normalized spacial score (nSPS) is 26.1. The Bertz CT molecular complexity index is 723. The fourth-order valence-electron chi connectivity index (χ4n) is 3.75. The molecule has 0 bridgehead atoms. The zero-order valence-electron chi connectivity index (χ0n) is 12.7. The number of hydrogen-bond donors (Lipinski definition) is 1. The van der Waals surface area contributed by atoms with Crippen LogP contribution in [0.15, 0.2) is 35.7 Å². The van der Waals surface area contributed by atoms with Gasteiger partial charge in [-0.3, -0.25) is 4.79 Å². The third kappa shape index (κ3) is 2.18. The molecular formula is C18H20N2OS. The van der Waals surface area contributed by atoms with E-state index in [4.69, 9.17) is 5.73 Å². The standard InChI is InChI=1S/C18H20N2OS/c1-11-3-2-4-12(7-11)14-5-6-22-17(14)18(21)20-10-13-8-15(13)16(20)9-19/h2-7,13,15-16H,8-10,19H2,1H3/t13-,15-,16+/m0/s1. The molecule has 1 aromatic carbocycles. The molecule has 2 N–H and O–H groups in total. The molecule has 2 heterocycles. The highest BCUT2D eigenvalue weighted by molar-refractivity contribution is 7.12. The molecule has 114 valence electrons. The highest BCUT2D eigenvalue weighted by Crippen LogP contribution is 2.50. The largest absolute Gasteiger partial charge is 0.333 e. The van der Waals surface area contributed by atoms with Crippen LogP contribution in [0.2, 0.25) is 0 Å². The summed E-state index contributed by atoms with van der Waals surface area (Å²) in [4.78, 5) is 15.9. The van der Waals surface area contributed by atoms with Crippen molar-refractivity contribution in [1.29, 1.82) is 0 Å². The minimum atomic E-state index is 0.161. The van der Waals surface area contributed by atoms with E-state index in [0.717, 1.165) is 22.5 Å². The number of thiophene rings is 1. The van der Waals surface area contributed by atoms with Gasteiger partial charge in [-0.05, 0) is 42.2 Å². The maximum atomic E-state index is 13.0. The molecule has 0 spiro atoms. The van der Waals surface area contributed by atoms with Gasteiger partial charge in [-0.25, -0.2) is 0 Å². The predicted molar refractivity (Wildman–Crippen MR) is 90.0 cm³/mol. The second-order valence-electron chi connectivity index (χ2n) is 6.45. The van der Waals surface area contributed by atoms with Gasteiger partial charge in [-0.1, -0.05) is 29.8 Å². The molecule has 4 rings (SSSR count). The number of amides is 1. The van der Waals surface area contributed by atoms with Crippen LogP contribution in [0, 0.1) is 18.8 Å². The molecule has 0 radical (unpaired) electrons. The van der Waals surface area contributed by atoms with E-state index in [0.29, 0.717) is 18.4 Å². The maximum absolute atomic E-state index is 13.0. The van der Waals surface area contributed by atoms with E-state index in [2.05, 4.69) is 31.2 Å². The Morgan fingerprint density at radius 1 is 1.41 bits per heavy atom. The lowest BCUT2D eigenvalue weighted by Crippen LogP contribution is -2.42. The van der Waals surface area contributed by atoms with Gasteiger partial charge in [0.1, 0.15) is 0 Å². The summed E-state index contributed by atoms with van der Waals surface area (Å²) < 4.78 is 0. The number of nitrogens with two attached hydrogens (primary N) is 1. The van der Waals surface area contributed by atoms with E-state index < -0.39 is 0 Å². The number of carbonyl (C=O) groups excluding carboxylic acids is 1. The lowest BCUT2D eigenvalue weighted by molar-refractivity contribution is 0.0718. The lowest BCUT2D eigenvalue weighted by atomic mass is 10.0. The van der Waals surface area contributed by atoms with Gasteiger partial charge < -0.3 is 10.6 Å². The second kappa shape index (κ2) is 5.21. The third-order valence-corrected chi connectivity index (χ3v) is 5.90. The summed E-state index contributed by atoms with van der Waals surface area (Å²) in [6.45, 7) is 3.55. The fourth-order valence-corrected chi connectivity index (χ4v) is 4.62. The van der Waals surface area contributed by atoms with E-state index in [-0.39, 0.29) is 11.9 Å².